The van der Waals surface area contributed by atoms with Crippen LogP contribution in [-0.2, 0) is 6.54 Å². The normalized spacial score (nSPS) is 28.4. The number of aryl methyl sites for hydroxylation is 1. The molecule has 0 radical (unpaired) electrons. The second-order valence-electron chi connectivity index (χ2n) is 7.07. The summed E-state index contributed by atoms with van der Waals surface area (Å²) in [6.07, 6.45) is 7.09. The van der Waals surface area contributed by atoms with Crippen molar-refractivity contribution in [2.75, 3.05) is 6.61 Å². The number of aliphatic hydroxyl groups excluding tert-OH is 1. The fourth-order valence-corrected chi connectivity index (χ4v) is 4.33. The van der Waals surface area contributed by atoms with Crippen molar-refractivity contribution in [1.82, 2.24) is 20.3 Å². The van der Waals surface area contributed by atoms with E-state index < -0.39 is 0 Å². The number of aliphatic hydroxyl groups is 1. The van der Waals surface area contributed by atoms with Gasteiger partial charge in [0.1, 0.15) is 6.54 Å². The van der Waals surface area contributed by atoms with E-state index in [1.807, 2.05) is 13.1 Å². The van der Waals surface area contributed by atoms with E-state index in [-0.39, 0.29) is 30.2 Å². The fourth-order valence-electron chi connectivity index (χ4n) is 4.33. The van der Waals surface area contributed by atoms with Crippen LogP contribution < -0.4 is 5.32 Å². The van der Waals surface area contributed by atoms with Gasteiger partial charge in [0, 0.05) is 30.8 Å². The van der Waals surface area contributed by atoms with Gasteiger partial charge in [0.25, 0.3) is 5.91 Å². The van der Waals surface area contributed by atoms with Gasteiger partial charge in [-0.3, -0.25) is 9.48 Å². The van der Waals surface area contributed by atoms with Gasteiger partial charge < -0.3 is 14.9 Å². The average molecular weight is 330 g/mol. The minimum Gasteiger partial charge on any atom is -0.396 e. The summed E-state index contributed by atoms with van der Waals surface area (Å²) in [6.45, 7) is 2.55. The quantitative estimate of drug-likeness (QED) is 0.863. The summed E-state index contributed by atoms with van der Waals surface area (Å²) >= 11 is 0. The first kappa shape index (κ1) is 15.4. The molecule has 2 aliphatic carbocycles. The topological polar surface area (TPSA) is 93.2 Å². The Kier molecular flexibility index (Phi) is 3.88. The summed E-state index contributed by atoms with van der Waals surface area (Å²) in [4.78, 5) is 12.5. The van der Waals surface area contributed by atoms with Gasteiger partial charge in [-0.25, -0.2) is 0 Å². The molecule has 0 aromatic carbocycles. The van der Waals surface area contributed by atoms with Crippen LogP contribution in [0.15, 0.2) is 23.0 Å². The van der Waals surface area contributed by atoms with Gasteiger partial charge in [0.15, 0.2) is 11.5 Å². The third-order valence-electron chi connectivity index (χ3n) is 5.47. The van der Waals surface area contributed by atoms with Crippen molar-refractivity contribution < 1.29 is 14.4 Å². The largest absolute Gasteiger partial charge is 0.396 e. The standard InChI is InChI=1S/C17H22N4O3/c1-10-6-18-21(7-10)8-13-5-15(20-24-13)17(23)19-16-12-3-2-11(4-12)14(16)9-22/h5-7,11-12,14,16,22H,2-4,8-9H2,1H3,(H,19,23). The number of hydrogen-bond donors (Lipinski definition) is 2. The molecule has 24 heavy (non-hydrogen) atoms. The lowest BCUT2D eigenvalue weighted by Gasteiger charge is -2.30. The van der Waals surface area contributed by atoms with Crippen LogP contribution in [0.5, 0.6) is 0 Å². The van der Waals surface area contributed by atoms with Crippen molar-refractivity contribution in [3.05, 3.63) is 35.5 Å². The molecule has 2 saturated carbocycles. The highest BCUT2D eigenvalue weighted by molar-refractivity contribution is 5.92. The number of hydrogen-bond acceptors (Lipinski definition) is 5. The average Bonchev–Trinajstić information content (AvgIpc) is 3.32. The second kappa shape index (κ2) is 6.05. The minimum absolute atomic E-state index is 0.0511. The van der Waals surface area contributed by atoms with Crippen LogP contribution in [0.4, 0.5) is 0 Å². The van der Waals surface area contributed by atoms with Crippen molar-refractivity contribution >= 4 is 5.91 Å². The zero-order chi connectivity index (χ0) is 16.7. The molecule has 7 nitrogen and oxygen atoms in total. The number of amides is 1. The molecule has 2 fully saturated rings. The molecular weight excluding hydrogens is 308 g/mol. The molecule has 7 heteroatoms. The van der Waals surface area contributed by atoms with Crippen molar-refractivity contribution in [2.45, 2.75) is 38.8 Å². The molecule has 4 unspecified atom stereocenters. The number of aromatic nitrogens is 3. The molecule has 2 aromatic rings. The fraction of sp³-hybridized carbons (Fsp3) is 0.588. The first-order valence-corrected chi connectivity index (χ1v) is 8.50. The molecule has 128 valence electrons. The van der Waals surface area contributed by atoms with Gasteiger partial charge in [-0.1, -0.05) is 5.16 Å². The van der Waals surface area contributed by atoms with Crippen molar-refractivity contribution in [3.63, 3.8) is 0 Å². The van der Waals surface area contributed by atoms with Crippen LogP contribution >= 0.6 is 0 Å². The molecule has 2 aromatic heterocycles. The molecule has 2 N–H and O–H groups in total. The summed E-state index contributed by atoms with van der Waals surface area (Å²) in [5, 5.41) is 20.8. The van der Waals surface area contributed by atoms with Crippen molar-refractivity contribution in [3.8, 4) is 0 Å². The lowest BCUT2D eigenvalue weighted by molar-refractivity contribution is 0.0852. The Balaban J connectivity index is 1.42. The van der Waals surface area contributed by atoms with E-state index in [2.05, 4.69) is 15.6 Å². The first-order chi connectivity index (χ1) is 11.6. The summed E-state index contributed by atoms with van der Waals surface area (Å²) < 4.78 is 7.00. The van der Waals surface area contributed by atoms with Crippen LogP contribution in [-0.4, -0.2) is 38.6 Å². The number of nitrogens with zero attached hydrogens (tertiary/aromatic N) is 3. The van der Waals surface area contributed by atoms with E-state index in [1.54, 1.807) is 16.9 Å². The molecule has 2 bridgehead atoms. The molecular formula is C17H22N4O3. The maximum atomic E-state index is 12.5. The predicted octanol–water partition coefficient (Wildman–Crippen LogP) is 1.36. The minimum atomic E-state index is -0.224. The van der Waals surface area contributed by atoms with E-state index in [1.165, 1.54) is 6.42 Å². The van der Waals surface area contributed by atoms with Crippen LogP contribution in [0, 0.1) is 24.7 Å². The van der Waals surface area contributed by atoms with Crippen LogP contribution in [0.3, 0.4) is 0 Å². The highest BCUT2D eigenvalue weighted by atomic mass is 16.5. The van der Waals surface area contributed by atoms with Crippen LogP contribution in [0.1, 0.15) is 41.1 Å². The Hall–Kier alpha value is -2.15. The molecule has 1 amide bonds. The van der Waals surface area contributed by atoms with Gasteiger partial charge in [-0.2, -0.15) is 5.10 Å². The number of nitrogens with one attached hydrogen (secondary N) is 1. The zero-order valence-corrected chi connectivity index (χ0v) is 13.7. The predicted molar refractivity (Wildman–Crippen MR) is 85.2 cm³/mol. The lowest BCUT2D eigenvalue weighted by Crippen LogP contribution is -2.45. The van der Waals surface area contributed by atoms with Crippen molar-refractivity contribution in [2.24, 2.45) is 17.8 Å². The lowest BCUT2D eigenvalue weighted by atomic mass is 9.85. The molecule has 4 atom stereocenters. The first-order valence-electron chi connectivity index (χ1n) is 8.50. The summed E-state index contributed by atoms with van der Waals surface area (Å²) in [6, 6.07) is 1.71. The Morgan fingerprint density at radius 1 is 1.46 bits per heavy atom. The van der Waals surface area contributed by atoms with Crippen molar-refractivity contribution in [1.29, 1.82) is 0 Å². The highest BCUT2D eigenvalue weighted by Crippen LogP contribution is 2.48. The number of fused-ring (bicyclic) bond motifs is 2. The molecule has 0 aliphatic heterocycles. The van der Waals surface area contributed by atoms with Crippen LogP contribution in [0.2, 0.25) is 0 Å². The smallest absolute Gasteiger partial charge is 0.273 e. The molecule has 4 rings (SSSR count). The molecule has 2 aliphatic rings. The van der Waals surface area contributed by atoms with E-state index in [0.29, 0.717) is 24.1 Å². The second-order valence-corrected chi connectivity index (χ2v) is 7.07. The Bertz CT molecular complexity index is 738. The van der Waals surface area contributed by atoms with E-state index >= 15 is 0 Å². The summed E-state index contributed by atoms with van der Waals surface area (Å²) in [7, 11) is 0. The van der Waals surface area contributed by atoms with E-state index in [9.17, 15) is 9.90 Å². The highest BCUT2D eigenvalue weighted by Gasteiger charge is 2.47. The van der Waals surface area contributed by atoms with Gasteiger partial charge in [-0.15, -0.1) is 0 Å². The zero-order valence-electron chi connectivity index (χ0n) is 13.7. The third-order valence-corrected chi connectivity index (χ3v) is 5.47. The van der Waals surface area contributed by atoms with E-state index in [4.69, 9.17) is 4.52 Å². The number of rotatable bonds is 5. The van der Waals surface area contributed by atoms with Gasteiger partial charge >= 0.3 is 0 Å². The van der Waals surface area contributed by atoms with Gasteiger partial charge in [0.2, 0.25) is 0 Å². The molecule has 2 heterocycles. The maximum absolute atomic E-state index is 12.5. The third kappa shape index (κ3) is 2.73. The van der Waals surface area contributed by atoms with Gasteiger partial charge in [-0.05, 0) is 43.6 Å². The molecule has 0 spiro atoms. The summed E-state index contributed by atoms with van der Waals surface area (Å²) in [5.41, 5.74) is 1.35. The number of carbonyl (C=O) groups excluding carboxylic acids is 1. The Morgan fingerprint density at radius 3 is 3.04 bits per heavy atom. The Morgan fingerprint density at radius 2 is 2.29 bits per heavy atom. The van der Waals surface area contributed by atoms with Crippen LogP contribution in [0.25, 0.3) is 0 Å². The maximum Gasteiger partial charge on any atom is 0.273 e. The molecule has 0 saturated heterocycles. The van der Waals surface area contributed by atoms with E-state index in [0.717, 1.165) is 18.4 Å². The number of carbonyl (C=O) groups is 1. The SMILES string of the molecule is Cc1cnn(Cc2cc(C(=O)NC3C4CCC(C4)C3CO)no2)c1. The van der Waals surface area contributed by atoms with Gasteiger partial charge in [0.05, 0.1) is 6.20 Å². The summed E-state index contributed by atoms with van der Waals surface area (Å²) in [5.74, 6) is 1.56. The Labute approximate surface area is 140 Å². The monoisotopic (exact) mass is 330 g/mol.